The fraction of sp³-hybridized carbons (Fsp3) is 0.0357. The summed E-state index contributed by atoms with van der Waals surface area (Å²) < 4.78 is 0. The summed E-state index contributed by atoms with van der Waals surface area (Å²) in [6, 6.07) is 73.4. The number of hydrogen-bond acceptors (Lipinski definition) is 3. The first-order valence-electron chi connectivity index (χ1n) is 20.7. The first-order valence-corrected chi connectivity index (χ1v) is 20.7. The lowest BCUT2D eigenvalue weighted by atomic mass is 9.91. The normalized spacial score (nSPS) is 15.3. The van der Waals surface area contributed by atoms with E-state index in [2.05, 4.69) is 229 Å². The number of allylic oxidation sites excluding steroid dienone is 3. The average Bonchev–Trinajstić information content (AvgIpc) is 3.66. The molecule has 9 aromatic rings. The zero-order chi connectivity index (χ0) is 39.8. The van der Waals surface area contributed by atoms with Crippen molar-refractivity contribution in [1.29, 1.82) is 0 Å². The Bertz CT molecular complexity index is 3070. The van der Waals surface area contributed by atoms with Crippen molar-refractivity contribution in [3.63, 3.8) is 0 Å². The van der Waals surface area contributed by atoms with Crippen LogP contribution in [-0.2, 0) is 0 Å². The molecule has 0 saturated carbocycles. The Morgan fingerprint density at radius 3 is 1.87 bits per heavy atom. The van der Waals surface area contributed by atoms with Gasteiger partial charge in [0.15, 0.2) is 0 Å². The van der Waals surface area contributed by atoms with E-state index < -0.39 is 0 Å². The smallest absolute Gasteiger partial charge is 0.149 e. The zero-order valence-corrected chi connectivity index (χ0v) is 33.0. The Labute approximate surface area is 350 Å². The van der Waals surface area contributed by atoms with Gasteiger partial charge in [0, 0.05) is 51.8 Å². The molecule has 2 heterocycles. The van der Waals surface area contributed by atoms with Crippen molar-refractivity contribution in [2.24, 2.45) is 0 Å². The number of para-hydroxylation sites is 4. The van der Waals surface area contributed by atoms with Crippen LogP contribution < -0.4 is 9.80 Å². The lowest BCUT2D eigenvalue weighted by Crippen LogP contribution is -2.95. The molecule has 0 amide bonds. The van der Waals surface area contributed by atoms with E-state index in [1.165, 1.54) is 44.2 Å². The summed E-state index contributed by atoms with van der Waals surface area (Å²) in [5.74, 6) is 0.0251. The maximum Gasteiger partial charge on any atom is 0.149 e. The van der Waals surface area contributed by atoms with E-state index >= 15 is 0 Å². The van der Waals surface area contributed by atoms with Crippen LogP contribution in [-0.4, -0.2) is 9.97 Å². The molecule has 0 saturated heterocycles. The standard InChI is InChI=1S/C56H40N4/c1-5-17-39(18-6-1)42-21-15-22-43(37-42)48-28-16-29-51-56(48)58-55(54(57-51)40-19-7-2-8-20-40)41-31-33-46(34-32-41)59(44-23-9-3-10-24-44)47-35-36-53-50(38-47)49-27-13-14-30-52(49)60(53)45-25-11-4-12-26-45/h1-31,33-38,41H,32H2/p+1. The van der Waals surface area contributed by atoms with Crippen LogP contribution in [0.25, 0.3) is 55.7 Å². The highest BCUT2D eigenvalue weighted by Crippen LogP contribution is 2.44. The molecule has 2 aliphatic rings. The van der Waals surface area contributed by atoms with Gasteiger partial charge < -0.3 is 4.90 Å². The first-order chi connectivity index (χ1) is 29.8. The third-order valence-corrected chi connectivity index (χ3v) is 11.8. The highest BCUT2D eigenvalue weighted by atomic mass is 15.2. The molecule has 60 heavy (non-hydrogen) atoms. The molecule has 0 spiro atoms. The third kappa shape index (κ3) is 6.40. The largest absolute Gasteiger partial charge is 0.311 e. The maximum atomic E-state index is 5.57. The molecular weight excluding hydrogens is 729 g/mol. The predicted molar refractivity (Wildman–Crippen MR) is 247 cm³/mol. The van der Waals surface area contributed by atoms with Crippen LogP contribution >= 0.6 is 0 Å². The van der Waals surface area contributed by atoms with E-state index in [0.29, 0.717) is 0 Å². The topological polar surface area (TPSA) is 33.5 Å². The van der Waals surface area contributed by atoms with Crippen LogP contribution in [0.4, 0.5) is 28.4 Å². The van der Waals surface area contributed by atoms with Crippen LogP contribution in [0.5, 0.6) is 0 Å². The number of aromatic nitrogens is 2. The van der Waals surface area contributed by atoms with E-state index in [0.717, 1.165) is 62.6 Å². The third-order valence-electron chi connectivity index (χ3n) is 11.8. The molecule has 0 radical (unpaired) electrons. The van der Waals surface area contributed by atoms with Crippen molar-refractivity contribution in [2.75, 3.05) is 4.90 Å². The Kier molecular flexibility index (Phi) is 9.03. The second kappa shape index (κ2) is 15.3. The summed E-state index contributed by atoms with van der Waals surface area (Å²) >= 11 is 0. The van der Waals surface area contributed by atoms with Gasteiger partial charge in [0.2, 0.25) is 0 Å². The molecule has 2 unspecified atom stereocenters. The van der Waals surface area contributed by atoms with E-state index in [1.807, 2.05) is 0 Å². The Morgan fingerprint density at radius 2 is 1.10 bits per heavy atom. The summed E-state index contributed by atoms with van der Waals surface area (Å²) in [4.78, 5) is 14.6. The van der Waals surface area contributed by atoms with E-state index in [-0.39, 0.29) is 5.92 Å². The summed E-state index contributed by atoms with van der Waals surface area (Å²) in [6.45, 7) is 0. The van der Waals surface area contributed by atoms with Gasteiger partial charge in [-0.05, 0) is 83.8 Å². The van der Waals surface area contributed by atoms with E-state index in [4.69, 9.17) is 9.97 Å². The SMILES string of the molecule is C1=CC(c2nc3c(-c4cccc(-c5ccccc5)c4)cccc3nc2-c2ccccc2)CC=C1N(c1ccccc1)c1ccc2c(c1)-c1ccccc1[NH+]2c1ccccc1. The Balaban J connectivity index is 0.992. The van der Waals surface area contributed by atoms with Gasteiger partial charge in [0.05, 0.1) is 28.0 Å². The second-order valence-corrected chi connectivity index (χ2v) is 15.5. The minimum absolute atomic E-state index is 0.0251. The van der Waals surface area contributed by atoms with Gasteiger partial charge in [-0.3, -0.25) is 0 Å². The molecule has 0 bridgehead atoms. The van der Waals surface area contributed by atoms with Crippen LogP contribution in [0.15, 0.2) is 230 Å². The lowest BCUT2D eigenvalue weighted by Gasteiger charge is -2.29. The van der Waals surface area contributed by atoms with Crippen molar-refractivity contribution in [3.05, 3.63) is 236 Å². The van der Waals surface area contributed by atoms with Crippen LogP contribution in [0.3, 0.4) is 0 Å². The van der Waals surface area contributed by atoms with E-state index in [1.54, 1.807) is 0 Å². The van der Waals surface area contributed by atoms with Crippen LogP contribution in [0.2, 0.25) is 0 Å². The molecule has 1 N–H and O–H groups in total. The first kappa shape index (κ1) is 35.5. The highest BCUT2D eigenvalue weighted by molar-refractivity contribution is 5.94. The molecule has 1 aliphatic carbocycles. The van der Waals surface area contributed by atoms with Gasteiger partial charge in [-0.25, -0.2) is 14.9 Å². The van der Waals surface area contributed by atoms with Gasteiger partial charge >= 0.3 is 0 Å². The van der Waals surface area contributed by atoms with Crippen molar-refractivity contribution in [1.82, 2.24) is 9.97 Å². The Morgan fingerprint density at radius 1 is 0.467 bits per heavy atom. The quantitative estimate of drug-likeness (QED) is 0.167. The molecule has 0 fully saturated rings. The van der Waals surface area contributed by atoms with Gasteiger partial charge in [-0.2, -0.15) is 0 Å². The molecule has 1 aliphatic heterocycles. The number of rotatable bonds is 8. The minimum atomic E-state index is 0.0251. The fourth-order valence-electron chi connectivity index (χ4n) is 9.00. The zero-order valence-electron chi connectivity index (χ0n) is 33.0. The molecule has 284 valence electrons. The second-order valence-electron chi connectivity index (χ2n) is 15.5. The summed E-state index contributed by atoms with van der Waals surface area (Å²) in [5, 5.41) is 0. The molecule has 1 aromatic heterocycles. The lowest BCUT2D eigenvalue weighted by molar-refractivity contribution is -0.677. The maximum absolute atomic E-state index is 5.57. The monoisotopic (exact) mass is 769 g/mol. The van der Waals surface area contributed by atoms with Crippen molar-refractivity contribution >= 4 is 39.5 Å². The number of fused-ring (bicyclic) bond motifs is 4. The Hall–Kier alpha value is -7.66. The molecule has 11 rings (SSSR count). The number of nitrogens with one attached hydrogen (secondary N) is 1. The summed E-state index contributed by atoms with van der Waals surface area (Å²) in [7, 11) is 0. The van der Waals surface area contributed by atoms with E-state index in [9.17, 15) is 0 Å². The van der Waals surface area contributed by atoms with Gasteiger partial charge in [-0.15, -0.1) is 0 Å². The number of benzene rings is 8. The number of nitrogens with zero attached hydrogens (tertiary/aromatic N) is 3. The molecule has 4 heteroatoms. The fourth-order valence-corrected chi connectivity index (χ4v) is 9.00. The molecule has 8 aromatic carbocycles. The minimum Gasteiger partial charge on any atom is -0.311 e. The van der Waals surface area contributed by atoms with Crippen molar-refractivity contribution in [2.45, 2.75) is 12.3 Å². The number of hydrogen-bond donors (Lipinski definition) is 1. The summed E-state index contributed by atoms with van der Waals surface area (Å²) in [6.07, 6.45) is 7.76. The van der Waals surface area contributed by atoms with Gasteiger partial charge in [0.25, 0.3) is 0 Å². The number of anilines is 2. The van der Waals surface area contributed by atoms with Gasteiger partial charge in [-0.1, -0.05) is 152 Å². The summed E-state index contributed by atoms with van der Waals surface area (Å²) in [5.41, 5.74) is 19.0. The van der Waals surface area contributed by atoms with Crippen LogP contribution in [0, 0.1) is 0 Å². The van der Waals surface area contributed by atoms with Crippen LogP contribution in [0.1, 0.15) is 18.0 Å². The van der Waals surface area contributed by atoms with Crippen molar-refractivity contribution < 1.29 is 4.90 Å². The molecular formula is C56H41N4+. The van der Waals surface area contributed by atoms with Gasteiger partial charge in [0.1, 0.15) is 17.1 Å². The highest BCUT2D eigenvalue weighted by Gasteiger charge is 2.34. The van der Waals surface area contributed by atoms with Crippen molar-refractivity contribution in [3.8, 4) is 44.6 Å². The average molecular weight is 770 g/mol. The predicted octanol–water partition coefficient (Wildman–Crippen LogP) is 13.6. The molecule has 4 nitrogen and oxygen atoms in total. The number of quaternary nitrogens is 1. The molecule has 2 atom stereocenters.